The molecule has 1 N–H and O–H groups in total. The molecule has 3 nitrogen and oxygen atoms in total. The molecule has 0 aliphatic carbocycles. The van der Waals surface area contributed by atoms with E-state index in [0.29, 0.717) is 5.92 Å². The van der Waals surface area contributed by atoms with Gasteiger partial charge in [0.15, 0.2) is 0 Å². The highest BCUT2D eigenvalue weighted by Crippen LogP contribution is 2.15. The van der Waals surface area contributed by atoms with Gasteiger partial charge in [-0.1, -0.05) is 0 Å². The monoisotopic (exact) mass is 172 g/mol. The van der Waals surface area contributed by atoms with Crippen LogP contribution in [0.4, 0.5) is 0 Å². The van der Waals surface area contributed by atoms with E-state index >= 15 is 0 Å². The minimum Gasteiger partial charge on any atom is -0.392 e. The first-order valence-corrected chi connectivity index (χ1v) is 4.71. The summed E-state index contributed by atoms with van der Waals surface area (Å²) < 4.78 is 0. The predicted molar refractivity (Wildman–Crippen MR) is 46.4 cm³/mol. The van der Waals surface area contributed by atoms with Crippen LogP contribution in [0.3, 0.4) is 0 Å². The van der Waals surface area contributed by atoms with E-state index in [1.807, 2.05) is 0 Å². The van der Waals surface area contributed by atoms with Gasteiger partial charge >= 0.3 is 0 Å². The van der Waals surface area contributed by atoms with Crippen molar-refractivity contribution >= 4 is 0 Å². The minimum atomic E-state index is -0.268. The normalized spacial score (nSPS) is 28.8. The summed E-state index contributed by atoms with van der Waals surface area (Å²) in [7, 11) is 0. The van der Waals surface area contributed by atoms with Crippen LogP contribution in [0.5, 0.6) is 0 Å². The average Bonchev–Trinajstić information content (AvgIpc) is 2.03. The van der Waals surface area contributed by atoms with Gasteiger partial charge in [0.2, 0.25) is 0 Å². The van der Waals surface area contributed by atoms with Crippen molar-refractivity contribution in [2.75, 3.05) is 26.2 Å². The molecule has 1 aliphatic rings. The van der Waals surface area contributed by atoms with Crippen LogP contribution in [0.1, 0.15) is 19.8 Å². The van der Waals surface area contributed by atoms with Gasteiger partial charge < -0.3 is 10.0 Å². The molecule has 2 atom stereocenters. The fourth-order valence-electron chi connectivity index (χ4n) is 1.83. The largest absolute Gasteiger partial charge is 0.392 e. The Balaban J connectivity index is 2.25. The van der Waals surface area contributed by atoms with Crippen molar-refractivity contribution in [1.82, 2.24) is 4.90 Å². The van der Waals surface area contributed by atoms with E-state index in [-0.39, 0.29) is 12.7 Å². The lowest BCUT2D eigenvalue weighted by molar-refractivity contribution is 0.0568. The van der Waals surface area contributed by atoms with Crippen molar-refractivity contribution in [2.24, 2.45) is 5.92 Å². The third-order valence-corrected chi connectivity index (χ3v) is 2.36. The maximum Gasteiger partial charge on any atom is 0.0862 e. The number of β-amino-alcohol motifs (C(OH)–C–C–N with tert-alkyl or cyclic N) is 1. The predicted octanol–water partition coefficient (Wildman–Crippen LogP) is 0.510. The van der Waals surface area contributed by atoms with Gasteiger partial charge in [0.25, 0.3) is 0 Å². The van der Waals surface area contributed by atoms with Crippen LogP contribution in [0.2, 0.25) is 0 Å². The quantitative estimate of drug-likeness (QED) is 0.674. The van der Waals surface area contributed by atoms with Crippen molar-refractivity contribution in [3.05, 3.63) is 0 Å². The van der Waals surface area contributed by atoms with Crippen LogP contribution in [-0.4, -0.2) is 42.4 Å². The third-order valence-electron chi connectivity index (χ3n) is 2.36. The van der Waals surface area contributed by atoms with Crippen LogP contribution in [-0.2, 0) is 5.11 Å². The highest BCUT2D eigenvalue weighted by atomic mass is 16.3. The molecule has 2 unspecified atom stereocenters. The zero-order valence-electron chi connectivity index (χ0n) is 7.70. The van der Waals surface area contributed by atoms with Crippen molar-refractivity contribution in [1.29, 1.82) is 0 Å². The smallest absolute Gasteiger partial charge is 0.0862 e. The van der Waals surface area contributed by atoms with E-state index in [1.54, 1.807) is 6.92 Å². The zero-order valence-corrected chi connectivity index (χ0v) is 7.70. The molecule has 0 aromatic rings. The number of nitrogens with zero attached hydrogens (tertiary/aromatic N) is 1. The number of hydrogen-bond donors (Lipinski definition) is 1. The lowest BCUT2D eigenvalue weighted by Crippen LogP contribution is -2.40. The summed E-state index contributed by atoms with van der Waals surface area (Å²) in [5.41, 5.74) is 0. The van der Waals surface area contributed by atoms with Crippen LogP contribution in [0.25, 0.3) is 0 Å². The molecule has 0 amide bonds. The summed E-state index contributed by atoms with van der Waals surface area (Å²) in [4.78, 5) is 2.19. The van der Waals surface area contributed by atoms with E-state index in [4.69, 9.17) is 5.11 Å². The second-order valence-corrected chi connectivity index (χ2v) is 3.78. The highest BCUT2D eigenvalue weighted by molar-refractivity contribution is 4.73. The Morgan fingerprint density at radius 2 is 2.42 bits per heavy atom. The summed E-state index contributed by atoms with van der Waals surface area (Å²) in [5.74, 6) is 0.317. The average molecular weight is 172 g/mol. The van der Waals surface area contributed by atoms with Crippen LogP contribution < -0.4 is 0 Å². The summed E-state index contributed by atoms with van der Waals surface area (Å²) in [6.45, 7) is 4.48. The van der Waals surface area contributed by atoms with E-state index in [9.17, 15) is 5.11 Å². The Morgan fingerprint density at radius 1 is 1.67 bits per heavy atom. The molecule has 1 saturated heterocycles. The van der Waals surface area contributed by atoms with Crippen LogP contribution in [0, 0.1) is 5.92 Å². The van der Waals surface area contributed by atoms with Gasteiger partial charge in [-0.3, -0.25) is 0 Å². The van der Waals surface area contributed by atoms with Gasteiger partial charge in [-0.2, -0.15) is 0 Å². The number of piperidine rings is 1. The molecule has 1 fully saturated rings. The molecule has 1 radical (unpaired) electrons. The molecule has 0 aromatic carbocycles. The van der Waals surface area contributed by atoms with Crippen molar-refractivity contribution in [3.63, 3.8) is 0 Å². The number of rotatable bonds is 3. The van der Waals surface area contributed by atoms with Crippen LogP contribution >= 0.6 is 0 Å². The highest BCUT2D eigenvalue weighted by Gasteiger charge is 2.19. The fourth-order valence-corrected chi connectivity index (χ4v) is 1.83. The second kappa shape index (κ2) is 4.80. The van der Waals surface area contributed by atoms with E-state index in [0.717, 1.165) is 32.5 Å². The Bertz CT molecular complexity index is 128. The molecule has 71 valence electrons. The lowest BCUT2D eigenvalue weighted by Gasteiger charge is -2.32. The van der Waals surface area contributed by atoms with Crippen molar-refractivity contribution < 1.29 is 10.2 Å². The van der Waals surface area contributed by atoms with E-state index in [2.05, 4.69) is 4.90 Å². The first-order valence-electron chi connectivity index (χ1n) is 4.71. The SMILES string of the molecule is CC(O)CN1CCCC(C[O])C1. The van der Waals surface area contributed by atoms with Crippen LogP contribution in [0.15, 0.2) is 0 Å². The molecule has 12 heavy (non-hydrogen) atoms. The number of likely N-dealkylation sites (tertiary alicyclic amines) is 1. The Labute approximate surface area is 74.0 Å². The molecule has 1 aliphatic heterocycles. The first-order chi connectivity index (χ1) is 5.72. The Kier molecular flexibility index (Phi) is 3.98. The maximum atomic E-state index is 10.6. The van der Waals surface area contributed by atoms with Crippen molar-refractivity contribution in [3.8, 4) is 0 Å². The molecule has 0 aromatic heterocycles. The molecule has 0 saturated carbocycles. The van der Waals surface area contributed by atoms with Gasteiger partial charge in [0, 0.05) is 13.1 Å². The zero-order chi connectivity index (χ0) is 8.97. The molecule has 1 heterocycles. The summed E-state index contributed by atoms with van der Waals surface area (Å²) in [6.07, 6.45) is 1.91. The minimum absolute atomic E-state index is 0.0380. The Hall–Kier alpha value is -0.120. The summed E-state index contributed by atoms with van der Waals surface area (Å²) >= 11 is 0. The van der Waals surface area contributed by atoms with Gasteiger partial charge in [-0.05, 0) is 32.2 Å². The summed E-state index contributed by atoms with van der Waals surface area (Å²) in [6, 6.07) is 0. The van der Waals surface area contributed by atoms with Crippen molar-refractivity contribution in [2.45, 2.75) is 25.9 Å². The van der Waals surface area contributed by atoms with Gasteiger partial charge in [0.1, 0.15) is 0 Å². The number of aliphatic hydroxyl groups excluding tert-OH is 1. The molecule has 1 rings (SSSR count). The standard InChI is InChI=1S/C9H18NO2/c1-8(12)5-10-4-2-3-9(6-10)7-11/h8-9,12H,2-7H2,1H3. The molecule has 0 spiro atoms. The Morgan fingerprint density at radius 3 is 3.00 bits per heavy atom. The topological polar surface area (TPSA) is 43.4 Å². The van der Waals surface area contributed by atoms with Gasteiger partial charge in [-0.25, -0.2) is 5.11 Å². The van der Waals surface area contributed by atoms with Gasteiger partial charge in [-0.15, -0.1) is 0 Å². The summed E-state index contributed by atoms with van der Waals surface area (Å²) in [5, 5.41) is 19.8. The number of hydrogen-bond acceptors (Lipinski definition) is 2. The third kappa shape index (κ3) is 3.09. The second-order valence-electron chi connectivity index (χ2n) is 3.78. The van der Waals surface area contributed by atoms with Gasteiger partial charge in [0.05, 0.1) is 12.7 Å². The molecular weight excluding hydrogens is 154 g/mol. The van der Waals surface area contributed by atoms with E-state index in [1.165, 1.54) is 0 Å². The maximum absolute atomic E-state index is 10.6. The number of aliphatic hydroxyl groups is 1. The first kappa shape index (κ1) is 9.96. The molecule has 0 bridgehead atoms. The lowest BCUT2D eigenvalue weighted by atomic mass is 9.99. The molecular formula is C9H18NO2. The van der Waals surface area contributed by atoms with E-state index < -0.39 is 0 Å². The fraction of sp³-hybridized carbons (Fsp3) is 1.00. The molecule has 3 heteroatoms.